The van der Waals surface area contributed by atoms with Crippen LogP contribution in [0.4, 0.5) is 0 Å². The Hall–Kier alpha value is -2.16. The third-order valence-electron chi connectivity index (χ3n) is 3.89. The molecule has 9 heteroatoms. The number of nitrogens with two attached hydrogens (primary N) is 1. The van der Waals surface area contributed by atoms with Gasteiger partial charge in [-0.1, -0.05) is 5.16 Å². The summed E-state index contributed by atoms with van der Waals surface area (Å²) < 4.78 is 0. The third-order valence-corrected chi connectivity index (χ3v) is 3.89. The van der Waals surface area contributed by atoms with E-state index in [0.717, 1.165) is 5.71 Å². The molecule has 0 saturated carbocycles. The van der Waals surface area contributed by atoms with Gasteiger partial charge in [-0.2, -0.15) is 0 Å². The minimum absolute atomic E-state index is 0.0617. The average molecular weight is 428 g/mol. The van der Waals surface area contributed by atoms with Gasteiger partial charge in [-0.05, 0) is 74.1 Å². The molecule has 174 valence electrons. The highest BCUT2D eigenvalue weighted by Crippen LogP contribution is 2.08. The van der Waals surface area contributed by atoms with Crippen LogP contribution in [-0.2, 0) is 19.2 Å². The van der Waals surface area contributed by atoms with Crippen molar-refractivity contribution in [3.8, 4) is 0 Å². The Balaban J connectivity index is 4.08. The number of rotatable bonds is 13. The van der Waals surface area contributed by atoms with E-state index in [4.69, 9.17) is 10.6 Å². The number of hydrogen-bond donors (Lipinski definition) is 4. The summed E-state index contributed by atoms with van der Waals surface area (Å²) >= 11 is 0. The Labute approximate surface area is 180 Å². The lowest BCUT2D eigenvalue weighted by atomic mass is 10.1. The maximum Gasteiger partial charge on any atom is 0.240 e. The van der Waals surface area contributed by atoms with Gasteiger partial charge in [0.2, 0.25) is 17.7 Å². The van der Waals surface area contributed by atoms with Crippen molar-refractivity contribution in [1.82, 2.24) is 16.0 Å². The van der Waals surface area contributed by atoms with E-state index in [1.54, 1.807) is 0 Å². The summed E-state index contributed by atoms with van der Waals surface area (Å²) in [6, 6.07) is -0.711. The van der Waals surface area contributed by atoms with Gasteiger partial charge in [-0.3, -0.25) is 14.4 Å². The van der Waals surface area contributed by atoms with Gasteiger partial charge in [0.25, 0.3) is 0 Å². The van der Waals surface area contributed by atoms with Crippen LogP contribution in [0.2, 0.25) is 0 Å². The minimum Gasteiger partial charge on any atom is -0.390 e. The van der Waals surface area contributed by atoms with Gasteiger partial charge in [-0.25, -0.2) is 0 Å². The number of nitrogens with one attached hydrogen (secondary N) is 3. The van der Waals surface area contributed by atoms with E-state index in [2.05, 4.69) is 21.1 Å². The fourth-order valence-electron chi connectivity index (χ4n) is 2.22. The second kappa shape index (κ2) is 13.2. The monoisotopic (exact) mass is 427 g/mol. The lowest BCUT2D eigenvalue weighted by molar-refractivity contribution is -0.127. The Morgan fingerprint density at radius 1 is 1.00 bits per heavy atom. The van der Waals surface area contributed by atoms with Gasteiger partial charge < -0.3 is 26.5 Å². The van der Waals surface area contributed by atoms with E-state index in [-0.39, 0.29) is 29.5 Å². The van der Waals surface area contributed by atoms with Crippen LogP contribution in [0.3, 0.4) is 0 Å². The number of primary amides is 1. The molecule has 0 rings (SSSR count). The molecule has 0 spiro atoms. The van der Waals surface area contributed by atoms with Crippen molar-refractivity contribution in [1.29, 1.82) is 0 Å². The molecule has 30 heavy (non-hydrogen) atoms. The SMILES string of the molecule is C/C(CCC(=O)NCCCCC(NC(=O)CNC(C)(C)C)C(N)=O)=N/OC(C)(C)C. The topological polar surface area (TPSA) is 135 Å². The Morgan fingerprint density at radius 2 is 1.63 bits per heavy atom. The summed E-state index contributed by atoms with van der Waals surface area (Å²) in [4.78, 5) is 40.8. The molecule has 0 bridgehead atoms. The normalized spacial score (nSPS) is 13.5. The van der Waals surface area contributed by atoms with Crippen LogP contribution >= 0.6 is 0 Å². The first-order valence-electron chi connectivity index (χ1n) is 10.5. The second-order valence-electron chi connectivity index (χ2n) is 9.50. The van der Waals surface area contributed by atoms with Crippen molar-refractivity contribution in [2.45, 2.75) is 97.8 Å². The molecule has 0 aromatic heterocycles. The highest BCUT2D eigenvalue weighted by Gasteiger charge is 2.19. The molecule has 1 unspecified atom stereocenters. The van der Waals surface area contributed by atoms with Crippen molar-refractivity contribution >= 4 is 23.4 Å². The fourth-order valence-corrected chi connectivity index (χ4v) is 2.22. The quantitative estimate of drug-likeness (QED) is 0.201. The first-order chi connectivity index (χ1) is 13.7. The number of carbonyl (C=O) groups is 3. The van der Waals surface area contributed by atoms with Gasteiger partial charge in [0.1, 0.15) is 11.6 Å². The van der Waals surface area contributed by atoms with Crippen molar-refractivity contribution < 1.29 is 19.2 Å². The summed E-state index contributed by atoms with van der Waals surface area (Å²) in [6.45, 7) is 14.0. The first kappa shape index (κ1) is 27.8. The van der Waals surface area contributed by atoms with Gasteiger partial charge in [0.15, 0.2) is 0 Å². The van der Waals surface area contributed by atoms with Crippen LogP contribution < -0.4 is 21.7 Å². The molecule has 0 aromatic carbocycles. The minimum atomic E-state index is -0.711. The predicted molar refractivity (Wildman–Crippen MR) is 119 cm³/mol. The summed E-state index contributed by atoms with van der Waals surface area (Å²) in [5.41, 5.74) is 5.60. The van der Waals surface area contributed by atoms with Crippen molar-refractivity contribution in [2.75, 3.05) is 13.1 Å². The zero-order valence-electron chi connectivity index (χ0n) is 19.7. The molecule has 5 N–H and O–H groups in total. The Morgan fingerprint density at radius 3 is 2.17 bits per heavy atom. The van der Waals surface area contributed by atoms with Crippen LogP contribution in [0.5, 0.6) is 0 Å². The van der Waals surface area contributed by atoms with Crippen LogP contribution in [0, 0.1) is 0 Å². The molecular weight excluding hydrogens is 386 g/mol. The average Bonchev–Trinajstić information content (AvgIpc) is 2.60. The molecule has 0 saturated heterocycles. The summed E-state index contributed by atoms with van der Waals surface area (Å²) in [7, 11) is 0. The standard InChI is InChI=1S/C21H41N5O4/c1-15(26-30-21(5,6)7)11-12-17(27)23-13-9-8-10-16(19(22)29)25-18(28)14-24-20(2,3)4/h16,24H,8-14H2,1-7H3,(H2,22,29)(H,23,27)(H,25,28)/b26-15-. The molecule has 0 fully saturated rings. The molecule has 0 aromatic rings. The number of oxime groups is 1. The van der Waals surface area contributed by atoms with E-state index >= 15 is 0 Å². The number of carbonyl (C=O) groups excluding carboxylic acids is 3. The molecule has 0 radical (unpaired) electrons. The lowest BCUT2D eigenvalue weighted by Crippen LogP contribution is -2.49. The lowest BCUT2D eigenvalue weighted by Gasteiger charge is -2.21. The van der Waals surface area contributed by atoms with Gasteiger partial charge in [0, 0.05) is 18.5 Å². The zero-order chi connectivity index (χ0) is 23.4. The smallest absolute Gasteiger partial charge is 0.240 e. The van der Waals surface area contributed by atoms with Gasteiger partial charge in [-0.15, -0.1) is 0 Å². The molecule has 0 aliphatic heterocycles. The summed E-state index contributed by atoms with van der Waals surface area (Å²) in [6.07, 6.45) is 2.64. The molecule has 1 atom stereocenters. The number of hydrogen-bond acceptors (Lipinski definition) is 6. The predicted octanol–water partition coefficient (Wildman–Crippen LogP) is 1.60. The molecule has 0 aliphatic rings. The molecular formula is C21H41N5O4. The van der Waals surface area contributed by atoms with Crippen molar-refractivity contribution in [2.24, 2.45) is 10.9 Å². The van der Waals surface area contributed by atoms with E-state index in [9.17, 15) is 14.4 Å². The van der Waals surface area contributed by atoms with Crippen LogP contribution in [0.25, 0.3) is 0 Å². The van der Waals surface area contributed by atoms with E-state index in [0.29, 0.717) is 38.6 Å². The third kappa shape index (κ3) is 16.8. The second-order valence-corrected chi connectivity index (χ2v) is 9.50. The highest BCUT2D eigenvalue weighted by atomic mass is 16.6. The molecule has 0 heterocycles. The maximum atomic E-state index is 12.0. The Kier molecular flexibility index (Phi) is 12.3. The van der Waals surface area contributed by atoms with Crippen molar-refractivity contribution in [3.05, 3.63) is 0 Å². The largest absolute Gasteiger partial charge is 0.390 e. The zero-order valence-corrected chi connectivity index (χ0v) is 19.7. The summed E-state index contributed by atoms with van der Waals surface area (Å²) in [5, 5.41) is 12.6. The number of unbranched alkanes of at least 4 members (excludes halogenated alkanes) is 1. The summed E-state index contributed by atoms with van der Waals surface area (Å²) in [5.74, 6) is -0.891. The van der Waals surface area contributed by atoms with Crippen LogP contribution in [0.15, 0.2) is 5.16 Å². The molecule has 9 nitrogen and oxygen atoms in total. The van der Waals surface area contributed by atoms with Gasteiger partial charge in [0.05, 0.1) is 12.3 Å². The first-order valence-corrected chi connectivity index (χ1v) is 10.5. The van der Waals surface area contributed by atoms with Crippen LogP contribution in [0.1, 0.15) is 80.6 Å². The van der Waals surface area contributed by atoms with Crippen molar-refractivity contribution in [3.63, 3.8) is 0 Å². The number of amides is 3. The van der Waals surface area contributed by atoms with E-state index < -0.39 is 11.9 Å². The van der Waals surface area contributed by atoms with Crippen LogP contribution in [-0.4, -0.2) is 53.7 Å². The molecule has 0 aliphatic carbocycles. The molecule has 3 amide bonds. The number of nitrogens with zero attached hydrogens (tertiary/aromatic N) is 1. The Bertz CT molecular complexity index is 591. The highest BCUT2D eigenvalue weighted by molar-refractivity contribution is 5.87. The van der Waals surface area contributed by atoms with E-state index in [1.807, 2.05) is 48.5 Å². The van der Waals surface area contributed by atoms with E-state index in [1.165, 1.54) is 0 Å². The fraction of sp³-hybridized carbons (Fsp3) is 0.810. The van der Waals surface area contributed by atoms with Gasteiger partial charge >= 0.3 is 0 Å². The maximum absolute atomic E-state index is 12.0.